The molecule has 0 bridgehead atoms. The van der Waals surface area contributed by atoms with Gasteiger partial charge < -0.3 is 0 Å². The molecule has 1 aromatic carbocycles. The van der Waals surface area contributed by atoms with Crippen LogP contribution in [0.25, 0.3) is 20.3 Å². The molecule has 0 saturated heterocycles. The van der Waals surface area contributed by atoms with Crippen LogP contribution >= 0.6 is 11.3 Å². The molecule has 80 valence electrons. The zero-order chi connectivity index (χ0) is 11.3. The smallest absolute Gasteiger partial charge is 0.126 e. The maximum Gasteiger partial charge on any atom is 0.126 e. The van der Waals surface area contributed by atoms with Crippen molar-refractivity contribution in [3.05, 3.63) is 35.3 Å². The van der Waals surface area contributed by atoms with Crippen LogP contribution in [0, 0.1) is 20.8 Å². The second-order valence-corrected chi connectivity index (χ2v) is 5.19. The van der Waals surface area contributed by atoms with E-state index >= 15 is 0 Å². The number of fused-ring (bicyclic) bond motifs is 3. The number of nitrogens with zero attached hydrogens (tertiary/aromatic N) is 2. The molecule has 0 saturated carbocycles. The second kappa shape index (κ2) is 3.25. The molecule has 0 spiro atoms. The maximum absolute atomic E-state index is 4.57. The van der Waals surface area contributed by atoms with Crippen LogP contribution in [0.1, 0.15) is 17.1 Å². The summed E-state index contributed by atoms with van der Waals surface area (Å²) < 4.78 is 2.51. The zero-order valence-electron chi connectivity index (χ0n) is 9.53. The van der Waals surface area contributed by atoms with Crippen LogP contribution in [0.3, 0.4) is 0 Å². The fourth-order valence-electron chi connectivity index (χ4n) is 2.03. The third kappa shape index (κ3) is 1.32. The van der Waals surface area contributed by atoms with Crippen molar-refractivity contribution < 1.29 is 0 Å². The first kappa shape index (κ1) is 9.73. The molecule has 0 fully saturated rings. The van der Waals surface area contributed by atoms with Crippen molar-refractivity contribution in [1.82, 2.24) is 9.97 Å². The van der Waals surface area contributed by atoms with Crippen molar-refractivity contribution in [2.24, 2.45) is 0 Å². The third-order valence-corrected chi connectivity index (χ3v) is 4.02. The van der Waals surface area contributed by atoms with Gasteiger partial charge in [-0.15, -0.1) is 11.3 Å². The van der Waals surface area contributed by atoms with Gasteiger partial charge in [0, 0.05) is 10.1 Å². The quantitative estimate of drug-likeness (QED) is 0.585. The highest BCUT2D eigenvalue weighted by molar-refractivity contribution is 7.25. The number of hydrogen-bond acceptors (Lipinski definition) is 3. The van der Waals surface area contributed by atoms with Gasteiger partial charge in [-0.05, 0) is 32.9 Å². The minimum Gasteiger partial charge on any atom is -0.237 e. The Balaban J connectivity index is 2.57. The second-order valence-electron chi connectivity index (χ2n) is 4.14. The van der Waals surface area contributed by atoms with Crippen LogP contribution < -0.4 is 0 Å². The Morgan fingerprint density at radius 1 is 1.06 bits per heavy atom. The molecule has 3 heteroatoms. The SMILES string of the molecule is Cc1ccc2sc3c(C)nc(C)nc3c2c1. The Hall–Kier alpha value is -1.48. The number of aryl methyl sites for hydroxylation is 3. The molecule has 3 rings (SSSR count). The largest absolute Gasteiger partial charge is 0.237 e. The summed E-state index contributed by atoms with van der Waals surface area (Å²) in [5.74, 6) is 0.853. The van der Waals surface area contributed by atoms with E-state index in [4.69, 9.17) is 0 Å². The van der Waals surface area contributed by atoms with Crippen LogP contribution in [0.2, 0.25) is 0 Å². The molecule has 0 aliphatic heterocycles. The molecule has 3 aromatic rings. The van der Waals surface area contributed by atoms with E-state index in [1.54, 1.807) is 11.3 Å². The summed E-state index contributed by atoms with van der Waals surface area (Å²) in [7, 11) is 0. The van der Waals surface area contributed by atoms with Gasteiger partial charge in [0.2, 0.25) is 0 Å². The Kier molecular flexibility index (Phi) is 1.98. The number of benzene rings is 1. The third-order valence-electron chi connectivity index (χ3n) is 2.75. The van der Waals surface area contributed by atoms with Crippen LogP contribution in [0.15, 0.2) is 18.2 Å². The lowest BCUT2D eigenvalue weighted by molar-refractivity contribution is 1.06. The minimum atomic E-state index is 0.853. The molecule has 0 N–H and O–H groups in total. The van der Waals surface area contributed by atoms with Gasteiger partial charge in [0.05, 0.1) is 15.9 Å². The van der Waals surface area contributed by atoms with Crippen molar-refractivity contribution in [1.29, 1.82) is 0 Å². The molecule has 0 aliphatic carbocycles. The molecule has 0 unspecified atom stereocenters. The zero-order valence-corrected chi connectivity index (χ0v) is 10.4. The Morgan fingerprint density at radius 3 is 2.69 bits per heavy atom. The van der Waals surface area contributed by atoms with E-state index in [-0.39, 0.29) is 0 Å². The average molecular weight is 228 g/mol. The van der Waals surface area contributed by atoms with Crippen molar-refractivity contribution in [2.45, 2.75) is 20.8 Å². The molecule has 0 radical (unpaired) electrons. The predicted octanol–water partition coefficient (Wildman–Crippen LogP) is 3.77. The summed E-state index contributed by atoms with van der Waals surface area (Å²) in [6.45, 7) is 6.12. The standard InChI is InChI=1S/C13H12N2S/c1-7-4-5-11-10(6-7)12-13(16-11)8(2)14-9(3)15-12/h4-6H,1-3H3. The summed E-state index contributed by atoms with van der Waals surface area (Å²) >= 11 is 1.78. The minimum absolute atomic E-state index is 0.853. The molecule has 2 aromatic heterocycles. The van der Waals surface area contributed by atoms with Gasteiger partial charge in [0.25, 0.3) is 0 Å². The predicted molar refractivity (Wildman–Crippen MR) is 69.1 cm³/mol. The summed E-state index contributed by atoms with van der Waals surface area (Å²) in [6, 6.07) is 6.53. The Bertz CT molecular complexity index is 698. The normalized spacial score (nSPS) is 11.4. The van der Waals surface area contributed by atoms with Gasteiger partial charge in [-0.1, -0.05) is 11.6 Å². The van der Waals surface area contributed by atoms with Crippen LogP contribution in [-0.2, 0) is 0 Å². The van der Waals surface area contributed by atoms with Crippen LogP contribution in [0.5, 0.6) is 0 Å². The summed E-state index contributed by atoms with van der Waals surface area (Å²) in [5, 5.41) is 1.26. The van der Waals surface area contributed by atoms with Gasteiger partial charge >= 0.3 is 0 Å². The van der Waals surface area contributed by atoms with Crippen LogP contribution in [0.4, 0.5) is 0 Å². The van der Waals surface area contributed by atoms with Gasteiger partial charge in [0.15, 0.2) is 0 Å². The highest BCUT2D eigenvalue weighted by Gasteiger charge is 2.09. The Morgan fingerprint density at radius 2 is 1.88 bits per heavy atom. The molecular weight excluding hydrogens is 216 g/mol. The highest BCUT2D eigenvalue weighted by Crippen LogP contribution is 2.34. The topological polar surface area (TPSA) is 25.8 Å². The van der Waals surface area contributed by atoms with Gasteiger partial charge in [-0.2, -0.15) is 0 Å². The number of rotatable bonds is 0. The molecule has 0 amide bonds. The van der Waals surface area contributed by atoms with E-state index in [0.29, 0.717) is 0 Å². The fraction of sp³-hybridized carbons (Fsp3) is 0.231. The lowest BCUT2D eigenvalue weighted by atomic mass is 10.1. The van der Waals surface area contributed by atoms with Crippen LogP contribution in [-0.4, -0.2) is 9.97 Å². The van der Waals surface area contributed by atoms with Crippen molar-refractivity contribution in [3.8, 4) is 0 Å². The molecule has 16 heavy (non-hydrogen) atoms. The number of hydrogen-bond donors (Lipinski definition) is 0. The monoisotopic (exact) mass is 228 g/mol. The molecule has 0 aliphatic rings. The summed E-state index contributed by atoms with van der Waals surface area (Å²) in [5.41, 5.74) is 3.47. The first-order chi connectivity index (χ1) is 7.65. The summed E-state index contributed by atoms with van der Waals surface area (Å²) in [6.07, 6.45) is 0. The lowest BCUT2D eigenvalue weighted by Gasteiger charge is -1.97. The fourth-order valence-corrected chi connectivity index (χ4v) is 3.10. The number of thiophene rings is 1. The van der Waals surface area contributed by atoms with Crippen molar-refractivity contribution in [2.75, 3.05) is 0 Å². The van der Waals surface area contributed by atoms with E-state index < -0.39 is 0 Å². The van der Waals surface area contributed by atoms with E-state index in [2.05, 4.69) is 42.0 Å². The number of aromatic nitrogens is 2. The Labute approximate surface area is 98.0 Å². The lowest BCUT2D eigenvalue weighted by Crippen LogP contribution is -1.90. The molecular formula is C13H12N2S. The van der Waals surface area contributed by atoms with Gasteiger partial charge in [0.1, 0.15) is 5.82 Å². The van der Waals surface area contributed by atoms with E-state index in [1.165, 1.54) is 20.3 Å². The van der Waals surface area contributed by atoms with Gasteiger partial charge in [-0.3, -0.25) is 0 Å². The summed E-state index contributed by atoms with van der Waals surface area (Å²) in [4.78, 5) is 8.98. The van der Waals surface area contributed by atoms with Gasteiger partial charge in [-0.25, -0.2) is 9.97 Å². The molecule has 0 atom stereocenters. The average Bonchev–Trinajstić information content (AvgIpc) is 2.57. The van der Waals surface area contributed by atoms with Crippen molar-refractivity contribution >= 4 is 31.6 Å². The van der Waals surface area contributed by atoms with E-state index in [0.717, 1.165) is 17.0 Å². The van der Waals surface area contributed by atoms with Crippen molar-refractivity contribution in [3.63, 3.8) is 0 Å². The molecule has 2 nitrogen and oxygen atoms in total. The highest BCUT2D eigenvalue weighted by atomic mass is 32.1. The molecule has 2 heterocycles. The van der Waals surface area contributed by atoms with E-state index in [1.807, 2.05) is 6.92 Å². The first-order valence-corrected chi connectivity index (χ1v) is 6.11. The maximum atomic E-state index is 4.57. The van der Waals surface area contributed by atoms with E-state index in [9.17, 15) is 0 Å². The first-order valence-electron chi connectivity index (χ1n) is 5.29.